The fraction of sp³-hybridized carbons (Fsp3) is 1.00. The minimum atomic E-state index is 1.06. The minimum absolute atomic E-state index is 1.06. The molecule has 4 unspecified atom stereocenters. The molecule has 4 bridgehead atoms. The highest BCUT2D eigenvalue weighted by Gasteiger charge is 2.45. The van der Waals surface area contributed by atoms with E-state index in [4.69, 9.17) is 0 Å². The monoisotopic (exact) mass is 290 g/mol. The molecule has 4 aliphatic carbocycles. The molecule has 0 spiro atoms. The molecule has 4 saturated carbocycles. The van der Waals surface area contributed by atoms with Crippen molar-refractivity contribution in [2.45, 2.75) is 85.5 Å². The molecule has 0 aromatic rings. The molecule has 0 saturated heterocycles. The van der Waals surface area contributed by atoms with E-state index in [2.05, 4.69) is 27.7 Å². The van der Waals surface area contributed by atoms with Crippen molar-refractivity contribution in [2.24, 2.45) is 47.3 Å². The smallest absolute Gasteiger partial charge is 0.0357 e. The van der Waals surface area contributed by atoms with Crippen LogP contribution >= 0.6 is 0 Å². The summed E-state index contributed by atoms with van der Waals surface area (Å²) in [6.07, 6.45) is 13.7. The van der Waals surface area contributed by atoms with Gasteiger partial charge < -0.3 is 0 Å². The Bertz CT molecular complexity index is 315. The Morgan fingerprint density at radius 1 is 0.571 bits per heavy atom. The number of hydrogen-bond donors (Lipinski definition) is 0. The van der Waals surface area contributed by atoms with Crippen molar-refractivity contribution in [1.29, 1.82) is 0 Å². The van der Waals surface area contributed by atoms with Crippen LogP contribution in [0.15, 0.2) is 0 Å². The van der Waals surface area contributed by atoms with E-state index in [-0.39, 0.29) is 0 Å². The molecular weight excluding hydrogens is 252 g/mol. The fourth-order valence-corrected chi connectivity index (χ4v) is 7.20. The molecule has 122 valence electrons. The van der Waals surface area contributed by atoms with Gasteiger partial charge in [-0.2, -0.15) is 0 Å². The minimum Gasteiger partial charge on any atom is -0.0651 e. The summed E-state index contributed by atoms with van der Waals surface area (Å²) < 4.78 is 0. The zero-order valence-electron chi connectivity index (χ0n) is 15.0. The highest BCUT2D eigenvalue weighted by Crippen LogP contribution is 2.54. The quantitative estimate of drug-likeness (QED) is 0.553. The molecular formula is C21H38. The second-order valence-corrected chi connectivity index (χ2v) is 8.74. The molecule has 0 aromatic heterocycles. The van der Waals surface area contributed by atoms with Crippen molar-refractivity contribution in [3.63, 3.8) is 0 Å². The van der Waals surface area contributed by atoms with E-state index in [1.165, 1.54) is 19.3 Å². The van der Waals surface area contributed by atoms with Crippen LogP contribution in [0.4, 0.5) is 0 Å². The van der Waals surface area contributed by atoms with E-state index in [1.807, 2.05) is 0 Å². The first-order chi connectivity index (χ1) is 10.2. The van der Waals surface area contributed by atoms with E-state index in [0.29, 0.717) is 0 Å². The van der Waals surface area contributed by atoms with Crippen LogP contribution in [0.3, 0.4) is 0 Å². The van der Waals surface area contributed by atoms with Crippen molar-refractivity contribution in [2.75, 3.05) is 0 Å². The standard InChI is InChI=1S/C11H20.C10H18/c1-3-10-8-5-6-9(7-8)11(10)4-2;1-3-10-7(2)8-4-5-9(10)6-8/h8-11H,3-7H2,1-2H3;7-10H,3-6H2,1-2H3/t8?,9?,10-,11+;7-,8?,9?,10-/m.1/s1. The van der Waals surface area contributed by atoms with Crippen LogP contribution in [0, 0.1) is 47.3 Å². The van der Waals surface area contributed by atoms with Crippen LogP contribution < -0.4 is 0 Å². The normalized spacial score (nSPS) is 50.3. The maximum atomic E-state index is 2.47. The summed E-state index contributed by atoms with van der Waals surface area (Å²) in [6.45, 7) is 9.60. The van der Waals surface area contributed by atoms with Crippen molar-refractivity contribution in [3.05, 3.63) is 0 Å². The number of rotatable bonds is 3. The highest BCUT2D eigenvalue weighted by atomic mass is 14.5. The average molecular weight is 291 g/mol. The van der Waals surface area contributed by atoms with Gasteiger partial charge in [0, 0.05) is 0 Å². The van der Waals surface area contributed by atoms with Crippen LogP contribution in [-0.4, -0.2) is 0 Å². The van der Waals surface area contributed by atoms with Crippen molar-refractivity contribution in [1.82, 2.24) is 0 Å². The van der Waals surface area contributed by atoms with Gasteiger partial charge in [0.1, 0.15) is 0 Å². The van der Waals surface area contributed by atoms with Gasteiger partial charge in [-0.3, -0.25) is 0 Å². The SMILES string of the molecule is CC[C@@H]1C2CCC(C2)[C@@H]1CC.CC[C@H]1C2CCC(C2)[C@H]1C. The molecule has 0 amide bonds. The first-order valence-electron chi connectivity index (χ1n) is 10.2. The van der Waals surface area contributed by atoms with E-state index in [1.54, 1.807) is 38.5 Å². The predicted octanol–water partition coefficient (Wildman–Crippen LogP) is 6.55. The van der Waals surface area contributed by atoms with Crippen molar-refractivity contribution >= 4 is 0 Å². The Balaban J connectivity index is 0.000000126. The van der Waals surface area contributed by atoms with Gasteiger partial charge in [0.15, 0.2) is 0 Å². The zero-order chi connectivity index (χ0) is 15.0. The van der Waals surface area contributed by atoms with Gasteiger partial charge >= 0.3 is 0 Å². The summed E-state index contributed by atoms with van der Waals surface area (Å²) in [5, 5.41) is 0. The number of fused-ring (bicyclic) bond motifs is 4. The predicted molar refractivity (Wildman–Crippen MR) is 92.2 cm³/mol. The lowest BCUT2D eigenvalue weighted by Crippen LogP contribution is -2.20. The van der Waals surface area contributed by atoms with Crippen LogP contribution in [-0.2, 0) is 0 Å². The van der Waals surface area contributed by atoms with Gasteiger partial charge in [-0.25, -0.2) is 0 Å². The van der Waals surface area contributed by atoms with Gasteiger partial charge in [0.2, 0.25) is 0 Å². The van der Waals surface area contributed by atoms with Crippen LogP contribution in [0.2, 0.25) is 0 Å². The third-order valence-corrected chi connectivity index (χ3v) is 8.23. The topological polar surface area (TPSA) is 0 Å². The third-order valence-electron chi connectivity index (χ3n) is 8.23. The summed E-state index contributed by atoms with van der Waals surface area (Å²) in [4.78, 5) is 0. The maximum absolute atomic E-state index is 2.47. The Morgan fingerprint density at radius 2 is 0.952 bits per heavy atom. The molecule has 4 rings (SSSR count). The van der Waals surface area contributed by atoms with Crippen molar-refractivity contribution in [3.8, 4) is 0 Å². The van der Waals surface area contributed by atoms with Crippen LogP contribution in [0.25, 0.3) is 0 Å². The van der Waals surface area contributed by atoms with Crippen LogP contribution in [0.1, 0.15) is 85.5 Å². The van der Waals surface area contributed by atoms with Gasteiger partial charge in [0.25, 0.3) is 0 Å². The molecule has 21 heavy (non-hydrogen) atoms. The fourth-order valence-electron chi connectivity index (χ4n) is 7.20. The lowest BCUT2D eigenvalue weighted by atomic mass is 9.77. The lowest BCUT2D eigenvalue weighted by molar-refractivity contribution is 0.209. The summed E-state index contributed by atoms with van der Waals surface area (Å²) in [7, 11) is 0. The molecule has 0 aromatic carbocycles. The summed E-state index contributed by atoms with van der Waals surface area (Å²) in [5.74, 6) is 8.89. The second-order valence-electron chi connectivity index (χ2n) is 8.74. The largest absolute Gasteiger partial charge is 0.0651 e. The first-order valence-corrected chi connectivity index (χ1v) is 10.2. The number of hydrogen-bond acceptors (Lipinski definition) is 0. The molecule has 8 atom stereocenters. The van der Waals surface area contributed by atoms with Gasteiger partial charge in [-0.05, 0) is 85.9 Å². The lowest BCUT2D eigenvalue weighted by Gasteiger charge is -2.29. The summed E-state index contributed by atoms with van der Waals surface area (Å²) in [6, 6.07) is 0. The molecule has 4 aliphatic rings. The van der Waals surface area contributed by atoms with E-state index in [0.717, 1.165) is 47.3 Å². The Morgan fingerprint density at radius 3 is 1.29 bits per heavy atom. The molecule has 0 heteroatoms. The first kappa shape index (κ1) is 15.9. The average Bonchev–Trinajstić information content (AvgIpc) is 3.26. The van der Waals surface area contributed by atoms with Gasteiger partial charge in [-0.15, -0.1) is 0 Å². The molecule has 0 N–H and O–H groups in total. The molecule has 0 heterocycles. The third kappa shape index (κ3) is 2.81. The van der Waals surface area contributed by atoms with E-state index in [9.17, 15) is 0 Å². The zero-order valence-corrected chi connectivity index (χ0v) is 15.0. The Hall–Kier alpha value is 0. The maximum Gasteiger partial charge on any atom is -0.0357 e. The summed E-state index contributed by atoms with van der Waals surface area (Å²) in [5.41, 5.74) is 0. The molecule has 0 aliphatic heterocycles. The summed E-state index contributed by atoms with van der Waals surface area (Å²) >= 11 is 0. The van der Waals surface area contributed by atoms with E-state index >= 15 is 0 Å². The molecule has 0 nitrogen and oxygen atoms in total. The molecule has 4 fully saturated rings. The highest BCUT2D eigenvalue weighted by molar-refractivity contribution is 4.95. The van der Waals surface area contributed by atoms with Gasteiger partial charge in [-0.1, -0.05) is 47.0 Å². The van der Waals surface area contributed by atoms with Gasteiger partial charge in [0.05, 0.1) is 0 Å². The Kier molecular flexibility index (Phi) is 5.01. The Labute approximate surface area is 133 Å². The second kappa shape index (κ2) is 6.63. The van der Waals surface area contributed by atoms with E-state index < -0.39 is 0 Å². The van der Waals surface area contributed by atoms with Crippen molar-refractivity contribution < 1.29 is 0 Å². The molecule has 0 radical (unpaired) electrons. The van der Waals surface area contributed by atoms with Crippen LogP contribution in [0.5, 0.6) is 0 Å².